The number of carbonyl (C=O) groups is 1. The fourth-order valence-corrected chi connectivity index (χ4v) is 3.39. The van der Waals surface area contributed by atoms with Crippen LogP contribution in [-0.2, 0) is 0 Å². The molecule has 3 rings (SSSR count). The molecule has 4 nitrogen and oxygen atoms in total. The Morgan fingerprint density at radius 2 is 2.39 bits per heavy atom. The molecule has 5 heteroatoms. The zero-order valence-electron chi connectivity index (χ0n) is 9.90. The van der Waals surface area contributed by atoms with Gasteiger partial charge in [0.15, 0.2) is 0 Å². The van der Waals surface area contributed by atoms with E-state index in [4.69, 9.17) is 5.73 Å². The van der Waals surface area contributed by atoms with E-state index in [2.05, 4.69) is 10.3 Å². The summed E-state index contributed by atoms with van der Waals surface area (Å²) in [5.74, 6) is 2.13. The fraction of sp³-hybridized carbons (Fsp3) is 0.308. The van der Waals surface area contributed by atoms with Crippen molar-refractivity contribution in [2.24, 2.45) is 0 Å². The Morgan fingerprint density at radius 1 is 1.50 bits per heavy atom. The maximum atomic E-state index is 12.2. The smallest absolute Gasteiger partial charge is 0.253 e. The van der Waals surface area contributed by atoms with Gasteiger partial charge in [0, 0.05) is 34.6 Å². The van der Waals surface area contributed by atoms with Crippen LogP contribution < -0.4 is 11.1 Å². The van der Waals surface area contributed by atoms with Gasteiger partial charge in [-0.2, -0.15) is 11.8 Å². The molecule has 94 valence electrons. The van der Waals surface area contributed by atoms with Gasteiger partial charge in [0.25, 0.3) is 5.91 Å². The van der Waals surface area contributed by atoms with Crippen LogP contribution in [0.1, 0.15) is 16.8 Å². The van der Waals surface area contributed by atoms with Gasteiger partial charge in [0.2, 0.25) is 0 Å². The molecule has 0 saturated carbocycles. The first kappa shape index (κ1) is 11.5. The van der Waals surface area contributed by atoms with E-state index in [9.17, 15) is 4.79 Å². The molecule has 0 bridgehead atoms. The Balaban J connectivity index is 1.88. The average Bonchev–Trinajstić information content (AvgIpc) is 2.97. The average molecular weight is 261 g/mol. The highest BCUT2D eigenvalue weighted by Gasteiger charge is 2.20. The van der Waals surface area contributed by atoms with E-state index in [1.54, 1.807) is 6.20 Å². The van der Waals surface area contributed by atoms with Gasteiger partial charge in [-0.15, -0.1) is 0 Å². The van der Waals surface area contributed by atoms with Crippen molar-refractivity contribution in [1.29, 1.82) is 0 Å². The highest BCUT2D eigenvalue weighted by atomic mass is 32.2. The van der Waals surface area contributed by atoms with Crippen molar-refractivity contribution in [3.8, 4) is 0 Å². The lowest BCUT2D eigenvalue weighted by molar-refractivity contribution is 0.0943. The molecule has 1 aromatic heterocycles. The van der Waals surface area contributed by atoms with Gasteiger partial charge in [-0.25, -0.2) is 0 Å². The number of hydrogen-bond donors (Lipinski definition) is 3. The molecule has 1 aliphatic heterocycles. The summed E-state index contributed by atoms with van der Waals surface area (Å²) in [6, 6.07) is 5.86. The van der Waals surface area contributed by atoms with Crippen LogP contribution >= 0.6 is 11.8 Å². The van der Waals surface area contributed by atoms with Crippen LogP contribution in [-0.4, -0.2) is 28.4 Å². The molecule has 2 aromatic rings. The number of rotatable bonds is 2. The Labute approximate surface area is 109 Å². The number of nitrogen functional groups attached to an aromatic ring is 1. The molecular formula is C13H15N3OS. The number of anilines is 1. The summed E-state index contributed by atoms with van der Waals surface area (Å²) >= 11 is 1.88. The number of nitrogens with two attached hydrogens (primary N) is 1. The molecule has 0 spiro atoms. The van der Waals surface area contributed by atoms with E-state index in [1.807, 2.05) is 30.0 Å². The van der Waals surface area contributed by atoms with Crippen LogP contribution in [0.4, 0.5) is 5.69 Å². The van der Waals surface area contributed by atoms with E-state index in [-0.39, 0.29) is 5.91 Å². The van der Waals surface area contributed by atoms with E-state index in [0.717, 1.165) is 28.8 Å². The summed E-state index contributed by atoms with van der Waals surface area (Å²) in [6.07, 6.45) is 2.81. The number of hydrogen-bond acceptors (Lipinski definition) is 3. The van der Waals surface area contributed by atoms with Gasteiger partial charge in [-0.3, -0.25) is 4.79 Å². The summed E-state index contributed by atoms with van der Waals surface area (Å²) in [4.78, 5) is 15.3. The second kappa shape index (κ2) is 4.57. The van der Waals surface area contributed by atoms with Crippen LogP contribution in [0.25, 0.3) is 10.9 Å². The lowest BCUT2D eigenvalue weighted by Gasteiger charge is -2.10. The topological polar surface area (TPSA) is 70.9 Å². The van der Waals surface area contributed by atoms with E-state index in [1.165, 1.54) is 0 Å². The number of benzene rings is 1. The van der Waals surface area contributed by atoms with Crippen molar-refractivity contribution < 1.29 is 4.79 Å². The largest absolute Gasteiger partial charge is 0.399 e. The first-order chi connectivity index (χ1) is 8.74. The van der Waals surface area contributed by atoms with Crippen molar-refractivity contribution in [3.63, 3.8) is 0 Å². The SMILES string of the molecule is Nc1ccc2[nH]cc(C(=O)NC3CCSC3)c2c1. The Kier molecular flexibility index (Phi) is 2.91. The van der Waals surface area contributed by atoms with Crippen molar-refractivity contribution in [2.75, 3.05) is 17.2 Å². The molecular weight excluding hydrogens is 246 g/mol. The standard InChI is InChI=1S/C13H15N3OS/c14-8-1-2-12-10(5-8)11(6-15-12)13(17)16-9-3-4-18-7-9/h1-2,5-6,9,15H,3-4,7,14H2,(H,16,17). The summed E-state index contributed by atoms with van der Waals surface area (Å²) in [5.41, 5.74) is 8.06. The maximum Gasteiger partial charge on any atom is 0.253 e. The first-order valence-electron chi connectivity index (χ1n) is 5.99. The molecule has 4 N–H and O–H groups in total. The van der Waals surface area contributed by atoms with Gasteiger partial charge in [-0.1, -0.05) is 0 Å². The van der Waals surface area contributed by atoms with Crippen molar-refractivity contribution in [2.45, 2.75) is 12.5 Å². The van der Waals surface area contributed by atoms with Gasteiger partial charge in [0.1, 0.15) is 0 Å². The zero-order valence-corrected chi connectivity index (χ0v) is 10.7. The normalized spacial score (nSPS) is 19.2. The third kappa shape index (κ3) is 2.06. The first-order valence-corrected chi connectivity index (χ1v) is 7.15. The Hall–Kier alpha value is -1.62. The number of aromatic amines is 1. The fourth-order valence-electron chi connectivity index (χ4n) is 2.24. The number of thioether (sulfide) groups is 1. The summed E-state index contributed by atoms with van der Waals surface area (Å²) in [6.45, 7) is 0. The van der Waals surface area contributed by atoms with E-state index >= 15 is 0 Å². The molecule has 1 fully saturated rings. The third-order valence-corrected chi connectivity index (χ3v) is 4.38. The van der Waals surface area contributed by atoms with Crippen LogP contribution in [0.2, 0.25) is 0 Å². The molecule has 1 saturated heterocycles. The molecule has 1 aromatic carbocycles. The number of fused-ring (bicyclic) bond motifs is 1. The number of nitrogens with one attached hydrogen (secondary N) is 2. The molecule has 2 heterocycles. The van der Waals surface area contributed by atoms with Crippen LogP contribution in [0, 0.1) is 0 Å². The summed E-state index contributed by atoms with van der Waals surface area (Å²) < 4.78 is 0. The highest BCUT2D eigenvalue weighted by molar-refractivity contribution is 7.99. The van der Waals surface area contributed by atoms with Gasteiger partial charge in [-0.05, 0) is 30.4 Å². The number of carbonyl (C=O) groups excluding carboxylic acids is 1. The summed E-state index contributed by atoms with van der Waals surface area (Å²) in [5, 5.41) is 3.96. The Bertz CT molecular complexity index is 587. The highest BCUT2D eigenvalue weighted by Crippen LogP contribution is 2.22. The lowest BCUT2D eigenvalue weighted by atomic mass is 10.1. The van der Waals surface area contributed by atoms with Crippen molar-refractivity contribution >= 4 is 34.3 Å². The number of aromatic nitrogens is 1. The number of H-pyrrole nitrogens is 1. The second-order valence-electron chi connectivity index (χ2n) is 4.54. The van der Waals surface area contributed by atoms with Gasteiger partial charge >= 0.3 is 0 Å². The quantitative estimate of drug-likeness (QED) is 0.724. The van der Waals surface area contributed by atoms with E-state index < -0.39 is 0 Å². The summed E-state index contributed by atoms with van der Waals surface area (Å²) in [7, 11) is 0. The predicted molar refractivity (Wildman–Crippen MR) is 75.9 cm³/mol. The van der Waals surface area contributed by atoms with Crippen molar-refractivity contribution in [1.82, 2.24) is 10.3 Å². The molecule has 1 amide bonds. The van der Waals surface area contributed by atoms with Crippen LogP contribution in [0.3, 0.4) is 0 Å². The Morgan fingerprint density at radius 3 is 3.17 bits per heavy atom. The van der Waals surface area contributed by atoms with Crippen LogP contribution in [0.15, 0.2) is 24.4 Å². The van der Waals surface area contributed by atoms with Gasteiger partial charge < -0.3 is 16.0 Å². The molecule has 1 aliphatic rings. The van der Waals surface area contributed by atoms with Gasteiger partial charge in [0.05, 0.1) is 5.56 Å². The monoisotopic (exact) mass is 261 g/mol. The number of amides is 1. The molecule has 18 heavy (non-hydrogen) atoms. The predicted octanol–water partition coefficient (Wildman–Crippen LogP) is 1.99. The minimum Gasteiger partial charge on any atom is -0.399 e. The molecule has 0 radical (unpaired) electrons. The zero-order chi connectivity index (χ0) is 12.5. The maximum absolute atomic E-state index is 12.2. The second-order valence-corrected chi connectivity index (χ2v) is 5.69. The molecule has 1 atom stereocenters. The minimum absolute atomic E-state index is 0.0145. The van der Waals surface area contributed by atoms with Crippen LogP contribution in [0.5, 0.6) is 0 Å². The van der Waals surface area contributed by atoms with Crippen molar-refractivity contribution in [3.05, 3.63) is 30.0 Å². The third-order valence-electron chi connectivity index (χ3n) is 3.22. The minimum atomic E-state index is -0.0145. The molecule has 1 unspecified atom stereocenters. The molecule has 0 aliphatic carbocycles. The lowest BCUT2D eigenvalue weighted by Crippen LogP contribution is -2.34. The van der Waals surface area contributed by atoms with E-state index in [0.29, 0.717) is 17.3 Å².